The molecule has 2 aliphatic carbocycles. The smallest absolute Gasteiger partial charge is 0.0256 e. The summed E-state index contributed by atoms with van der Waals surface area (Å²) in [6, 6.07) is 9.87. The van der Waals surface area contributed by atoms with E-state index in [2.05, 4.69) is 42.7 Å². The summed E-state index contributed by atoms with van der Waals surface area (Å²) in [4.78, 5) is 0. The highest BCUT2D eigenvalue weighted by molar-refractivity contribution is 5.25. The van der Waals surface area contributed by atoms with Crippen molar-refractivity contribution in [3.05, 3.63) is 47.2 Å². The number of aryl methyl sites for hydroxylation is 1. The van der Waals surface area contributed by atoms with Gasteiger partial charge in [-0.15, -0.1) is 0 Å². The summed E-state index contributed by atoms with van der Waals surface area (Å²) >= 11 is 0. The maximum absolute atomic E-state index is 3.64. The molecule has 2 saturated carbocycles. The molecule has 0 amide bonds. The average Bonchev–Trinajstić information content (AvgIpc) is 2.39. The summed E-state index contributed by atoms with van der Waals surface area (Å²) in [5.74, 6) is 0.787. The van der Waals surface area contributed by atoms with Crippen LogP contribution in [0.3, 0.4) is 0 Å². The maximum atomic E-state index is 3.64. The molecule has 102 valence electrons. The predicted octanol–water partition coefficient (Wildman–Crippen LogP) is 4.68. The van der Waals surface area contributed by atoms with E-state index in [1.54, 1.807) is 11.1 Å². The van der Waals surface area contributed by atoms with Crippen LogP contribution < -0.4 is 5.32 Å². The number of nitrogens with one attached hydrogen (secondary N) is 1. The first-order valence-corrected chi connectivity index (χ1v) is 7.82. The SMILES string of the molecule is Cc1ccc(C2CCC(NC=C3CCC3)CC2)cc1. The van der Waals surface area contributed by atoms with Gasteiger partial charge in [0.05, 0.1) is 0 Å². The minimum Gasteiger partial charge on any atom is -0.388 e. The molecular formula is C18H25N. The van der Waals surface area contributed by atoms with Crippen molar-refractivity contribution in [2.45, 2.75) is 63.8 Å². The monoisotopic (exact) mass is 255 g/mol. The molecule has 1 aromatic rings. The molecule has 0 bridgehead atoms. The van der Waals surface area contributed by atoms with Crippen molar-refractivity contribution in [2.24, 2.45) is 0 Å². The van der Waals surface area contributed by atoms with Gasteiger partial charge in [-0.05, 0) is 69.6 Å². The third-order valence-electron chi connectivity index (χ3n) is 4.79. The van der Waals surface area contributed by atoms with Gasteiger partial charge in [-0.1, -0.05) is 35.4 Å². The summed E-state index contributed by atoms with van der Waals surface area (Å²) in [6.07, 6.45) is 11.7. The highest BCUT2D eigenvalue weighted by Crippen LogP contribution is 2.33. The second-order valence-corrected chi connectivity index (χ2v) is 6.28. The van der Waals surface area contributed by atoms with Gasteiger partial charge in [0.25, 0.3) is 0 Å². The summed E-state index contributed by atoms with van der Waals surface area (Å²) in [7, 11) is 0. The van der Waals surface area contributed by atoms with Crippen molar-refractivity contribution in [1.82, 2.24) is 5.32 Å². The lowest BCUT2D eigenvalue weighted by Crippen LogP contribution is -2.29. The highest BCUT2D eigenvalue weighted by atomic mass is 14.9. The number of allylic oxidation sites excluding steroid dienone is 1. The number of hydrogen-bond acceptors (Lipinski definition) is 1. The van der Waals surface area contributed by atoms with Gasteiger partial charge in [-0.3, -0.25) is 0 Å². The number of hydrogen-bond donors (Lipinski definition) is 1. The van der Waals surface area contributed by atoms with Crippen LogP contribution in [0.25, 0.3) is 0 Å². The van der Waals surface area contributed by atoms with Crippen molar-refractivity contribution >= 4 is 0 Å². The van der Waals surface area contributed by atoms with E-state index in [4.69, 9.17) is 0 Å². The van der Waals surface area contributed by atoms with E-state index in [1.165, 1.54) is 50.5 Å². The first kappa shape index (κ1) is 12.8. The largest absolute Gasteiger partial charge is 0.388 e. The second-order valence-electron chi connectivity index (χ2n) is 6.28. The van der Waals surface area contributed by atoms with Crippen LogP contribution in [0.1, 0.15) is 62.0 Å². The molecule has 0 spiro atoms. The molecule has 3 rings (SSSR count). The van der Waals surface area contributed by atoms with Gasteiger partial charge in [0, 0.05) is 6.04 Å². The Morgan fingerprint density at radius 1 is 1.00 bits per heavy atom. The van der Waals surface area contributed by atoms with E-state index < -0.39 is 0 Å². The van der Waals surface area contributed by atoms with E-state index >= 15 is 0 Å². The molecule has 0 atom stereocenters. The second kappa shape index (κ2) is 5.81. The topological polar surface area (TPSA) is 12.0 Å². The predicted molar refractivity (Wildman–Crippen MR) is 81.2 cm³/mol. The molecule has 0 saturated heterocycles. The molecule has 0 heterocycles. The molecule has 2 aliphatic rings. The molecule has 2 fully saturated rings. The van der Waals surface area contributed by atoms with Crippen LogP contribution in [-0.2, 0) is 0 Å². The molecule has 1 heteroatoms. The van der Waals surface area contributed by atoms with Crippen LogP contribution in [0.15, 0.2) is 36.0 Å². The first-order chi connectivity index (χ1) is 9.31. The molecule has 0 radical (unpaired) electrons. The maximum Gasteiger partial charge on any atom is 0.0256 e. The lowest BCUT2D eigenvalue weighted by atomic mass is 9.81. The van der Waals surface area contributed by atoms with Crippen LogP contribution in [0, 0.1) is 6.92 Å². The Hall–Kier alpha value is -1.24. The van der Waals surface area contributed by atoms with Crippen LogP contribution in [-0.4, -0.2) is 6.04 Å². The van der Waals surface area contributed by atoms with Crippen molar-refractivity contribution in [2.75, 3.05) is 0 Å². The standard InChI is InChI=1S/C18H25N/c1-14-5-7-16(8-6-14)17-9-11-18(12-10-17)19-13-15-3-2-4-15/h5-8,13,17-19H,2-4,9-12H2,1H3. The Balaban J connectivity index is 1.50. The van der Waals surface area contributed by atoms with Crippen molar-refractivity contribution in [3.63, 3.8) is 0 Å². The van der Waals surface area contributed by atoms with Gasteiger partial charge in [-0.25, -0.2) is 0 Å². The van der Waals surface area contributed by atoms with Gasteiger partial charge >= 0.3 is 0 Å². The lowest BCUT2D eigenvalue weighted by Gasteiger charge is -2.30. The highest BCUT2D eigenvalue weighted by Gasteiger charge is 2.21. The Morgan fingerprint density at radius 2 is 1.68 bits per heavy atom. The number of rotatable bonds is 3. The molecule has 19 heavy (non-hydrogen) atoms. The Labute approximate surface area is 117 Å². The zero-order chi connectivity index (χ0) is 13.1. The average molecular weight is 255 g/mol. The molecule has 1 nitrogen and oxygen atoms in total. The minimum absolute atomic E-state index is 0.717. The van der Waals surface area contributed by atoms with Gasteiger partial charge in [0.15, 0.2) is 0 Å². The summed E-state index contributed by atoms with van der Waals surface area (Å²) in [5.41, 5.74) is 4.54. The van der Waals surface area contributed by atoms with E-state index in [0.29, 0.717) is 0 Å². The fourth-order valence-electron chi connectivity index (χ4n) is 3.19. The fraction of sp³-hybridized carbons (Fsp3) is 0.556. The molecule has 0 aromatic heterocycles. The van der Waals surface area contributed by atoms with E-state index in [0.717, 1.165) is 12.0 Å². The van der Waals surface area contributed by atoms with Crippen molar-refractivity contribution in [3.8, 4) is 0 Å². The summed E-state index contributed by atoms with van der Waals surface area (Å²) in [5, 5.41) is 3.64. The molecule has 1 N–H and O–H groups in total. The quantitative estimate of drug-likeness (QED) is 0.827. The van der Waals surface area contributed by atoms with Crippen LogP contribution in [0.4, 0.5) is 0 Å². The van der Waals surface area contributed by atoms with E-state index in [1.807, 2.05) is 0 Å². The first-order valence-electron chi connectivity index (χ1n) is 7.82. The summed E-state index contributed by atoms with van der Waals surface area (Å²) < 4.78 is 0. The van der Waals surface area contributed by atoms with Gasteiger partial charge in [0.1, 0.15) is 0 Å². The van der Waals surface area contributed by atoms with E-state index in [9.17, 15) is 0 Å². The third-order valence-corrected chi connectivity index (χ3v) is 4.79. The van der Waals surface area contributed by atoms with Crippen molar-refractivity contribution in [1.29, 1.82) is 0 Å². The van der Waals surface area contributed by atoms with Crippen LogP contribution >= 0.6 is 0 Å². The zero-order valence-corrected chi connectivity index (χ0v) is 12.0. The van der Waals surface area contributed by atoms with Gasteiger partial charge in [-0.2, -0.15) is 0 Å². The van der Waals surface area contributed by atoms with Crippen molar-refractivity contribution < 1.29 is 0 Å². The zero-order valence-electron chi connectivity index (χ0n) is 12.0. The molecule has 0 aliphatic heterocycles. The number of benzene rings is 1. The van der Waals surface area contributed by atoms with Gasteiger partial charge < -0.3 is 5.32 Å². The van der Waals surface area contributed by atoms with Gasteiger partial charge in [0.2, 0.25) is 0 Å². The van der Waals surface area contributed by atoms with E-state index in [-0.39, 0.29) is 0 Å². The van der Waals surface area contributed by atoms with Crippen LogP contribution in [0.2, 0.25) is 0 Å². The molecular weight excluding hydrogens is 230 g/mol. The molecule has 0 unspecified atom stereocenters. The summed E-state index contributed by atoms with van der Waals surface area (Å²) in [6.45, 7) is 2.17. The Kier molecular flexibility index (Phi) is 3.91. The van der Waals surface area contributed by atoms with Crippen LogP contribution in [0.5, 0.6) is 0 Å². The molecule has 1 aromatic carbocycles. The normalized spacial score (nSPS) is 26.7. The third kappa shape index (κ3) is 3.20. The Bertz CT molecular complexity index is 429. The lowest BCUT2D eigenvalue weighted by molar-refractivity contribution is 0.365. The fourth-order valence-corrected chi connectivity index (χ4v) is 3.19. The Morgan fingerprint density at radius 3 is 2.26 bits per heavy atom. The minimum atomic E-state index is 0.717.